The molecule has 0 fully saturated rings. The van der Waals surface area contributed by atoms with Gasteiger partial charge in [-0.15, -0.1) is 10.2 Å². The molecule has 0 aliphatic heterocycles. The van der Waals surface area contributed by atoms with Crippen LogP contribution in [0.4, 0.5) is 0 Å². The molecule has 0 atom stereocenters. The monoisotopic (exact) mass is 430 g/mol. The molecule has 5 rings (SSSR count). The maximum Gasteiger partial charge on any atom is 0.336 e. The average Bonchev–Trinajstić information content (AvgIpc) is 3.43. The van der Waals surface area contributed by atoms with Gasteiger partial charge >= 0.3 is 5.63 Å². The molecule has 3 heterocycles. The predicted octanol–water partition coefficient (Wildman–Crippen LogP) is 3.43. The molecule has 5 aromatic rings. The van der Waals surface area contributed by atoms with E-state index in [4.69, 9.17) is 9.15 Å². The van der Waals surface area contributed by atoms with Crippen LogP contribution in [-0.4, -0.2) is 36.6 Å². The molecular formula is C23H22N6O3. The number of aromatic nitrogens is 6. The molecule has 0 radical (unpaired) electrons. The minimum Gasteiger partial charge on any atom is -0.493 e. The third-order valence-corrected chi connectivity index (χ3v) is 5.21. The maximum atomic E-state index is 11.4. The number of aryl methyl sites for hydroxylation is 1. The van der Waals surface area contributed by atoms with Crippen molar-refractivity contribution in [2.24, 2.45) is 0 Å². The summed E-state index contributed by atoms with van der Waals surface area (Å²) in [4.78, 5) is 11.4. The van der Waals surface area contributed by atoms with Gasteiger partial charge in [-0.3, -0.25) is 4.68 Å². The first-order valence-electron chi connectivity index (χ1n) is 10.6. The van der Waals surface area contributed by atoms with Gasteiger partial charge in [-0.1, -0.05) is 22.6 Å². The number of nitrogens with zero attached hydrogens (tertiary/aromatic N) is 6. The van der Waals surface area contributed by atoms with E-state index in [2.05, 4.69) is 20.6 Å². The van der Waals surface area contributed by atoms with Crippen molar-refractivity contribution < 1.29 is 9.15 Å². The Morgan fingerprint density at radius 2 is 1.84 bits per heavy atom. The quantitative estimate of drug-likeness (QED) is 0.261. The number of unbranched alkanes of at least 4 members (excludes halogenated alkanes) is 2. The lowest BCUT2D eigenvalue weighted by atomic mass is 10.2. The van der Waals surface area contributed by atoms with Crippen molar-refractivity contribution in [3.05, 3.63) is 76.9 Å². The van der Waals surface area contributed by atoms with Crippen LogP contribution in [0.25, 0.3) is 22.0 Å². The summed E-state index contributed by atoms with van der Waals surface area (Å²) in [6, 6.07) is 16.5. The fourth-order valence-electron chi connectivity index (χ4n) is 3.58. The smallest absolute Gasteiger partial charge is 0.336 e. The van der Waals surface area contributed by atoms with Gasteiger partial charge in [-0.05, 0) is 49.6 Å². The first-order valence-corrected chi connectivity index (χ1v) is 10.6. The van der Waals surface area contributed by atoms with Crippen LogP contribution in [0.3, 0.4) is 0 Å². The number of rotatable bonds is 9. The zero-order valence-electron chi connectivity index (χ0n) is 17.4. The van der Waals surface area contributed by atoms with Gasteiger partial charge in [0.25, 0.3) is 0 Å². The van der Waals surface area contributed by atoms with E-state index in [1.54, 1.807) is 12.1 Å². The summed E-state index contributed by atoms with van der Waals surface area (Å²) in [5, 5.41) is 17.7. The van der Waals surface area contributed by atoms with E-state index in [1.165, 1.54) is 6.07 Å². The van der Waals surface area contributed by atoms with Crippen LogP contribution < -0.4 is 10.4 Å². The van der Waals surface area contributed by atoms with E-state index in [9.17, 15) is 4.79 Å². The van der Waals surface area contributed by atoms with Gasteiger partial charge in [-0.2, -0.15) is 0 Å². The summed E-state index contributed by atoms with van der Waals surface area (Å²) in [5.74, 6) is 0.702. The summed E-state index contributed by atoms with van der Waals surface area (Å²) < 4.78 is 14.7. The Balaban J connectivity index is 1.06. The first kappa shape index (κ1) is 19.9. The molecular weight excluding hydrogens is 408 g/mol. The molecule has 9 nitrogen and oxygen atoms in total. The lowest BCUT2D eigenvalue weighted by Gasteiger charge is -2.07. The highest BCUT2D eigenvalue weighted by Gasteiger charge is 2.07. The van der Waals surface area contributed by atoms with Gasteiger partial charge in [0.15, 0.2) is 0 Å². The zero-order chi connectivity index (χ0) is 21.8. The molecule has 0 saturated heterocycles. The lowest BCUT2D eigenvalue weighted by molar-refractivity contribution is 0.303. The van der Waals surface area contributed by atoms with Crippen molar-refractivity contribution in [3.8, 4) is 5.75 Å². The van der Waals surface area contributed by atoms with Crippen molar-refractivity contribution in [2.75, 3.05) is 6.61 Å². The van der Waals surface area contributed by atoms with Crippen molar-refractivity contribution in [3.63, 3.8) is 0 Å². The van der Waals surface area contributed by atoms with Crippen LogP contribution in [-0.2, 0) is 13.1 Å². The van der Waals surface area contributed by atoms with Crippen LogP contribution in [0.5, 0.6) is 5.75 Å². The highest BCUT2D eigenvalue weighted by molar-refractivity contribution is 5.77. The van der Waals surface area contributed by atoms with Crippen molar-refractivity contribution in [1.82, 2.24) is 30.0 Å². The topological polar surface area (TPSA) is 101 Å². The van der Waals surface area contributed by atoms with E-state index in [-0.39, 0.29) is 5.63 Å². The maximum absolute atomic E-state index is 11.4. The van der Waals surface area contributed by atoms with Gasteiger partial charge in [0.2, 0.25) is 0 Å². The molecule has 0 aliphatic carbocycles. The fraction of sp³-hybridized carbons (Fsp3) is 0.261. The van der Waals surface area contributed by atoms with Crippen LogP contribution >= 0.6 is 0 Å². The standard InChI is InChI=1S/C23H22N6O3/c30-23-11-9-17-8-10-19(14-22(17)32-23)31-13-5-1-4-12-28-15-18(24-26-28)16-29-21-7-3-2-6-20(21)25-27-29/h2-3,6-11,14-15H,1,4-5,12-13,16H2. The van der Waals surface area contributed by atoms with Gasteiger partial charge in [-0.25, -0.2) is 9.48 Å². The molecule has 3 aromatic heterocycles. The Hall–Kier alpha value is -4.01. The third-order valence-electron chi connectivity index (χ3n) is 5.21. The van der Waals surface area contributed by atoms with Crippen LogP contribution in [0.1, 0.15) is 25.0 Å². The van der Waals surface area contributed by atoms with E-state index in [0.29, 0.717) is 24.5 Å². The van der Waals surface area contributed by atoms with Crippen LogP contribution in [0.2, 0.25) is 0 Å². The van der Waals surface area contributed by atoms with Crippen molar-refractivity contribution in [2.45, 2.75) is 32.4 Å². The molecule has 0 bridgehead atoms. The van der Waals surface area contributed by atoms with Crippen LogP contribution in [0.15, 0.2) is 70.0 Å². The zero-order valence-corrected chi connectivity index (χ0v) is 17.4. The van der Waals surface area contributed by atoms with E-state index < -0.39 is 0 Å². The second-order valence-electron chi connectivity index (χ2n) is 7.57. The number of ether oxygens (including phenoxy) is 1. The van der Waals surface area contributed by atoms with Gasteiger partial charge in [0.1, 0.15) is 22.5 Å². The van der Waals surface area contributed by atoms with Gasteiger partial charge in [0, 0.05) is 24.1 Å². The number of benzene rings is 2. The highest BCUT2D eigenvalue weighted by Crippen LogP contribution is 2.19. The molecule has 2 aromatic carbocycles. The molecule has 0 amide bonds. The molecule has 0 saturated carbocycles. The molecule has 0 N–H and O–H groups in total. The summed E-state index contributed by atoms with van der Waals surface area (Å²) >= 11 is 0. The number of hydrogen-bond acceptors (Lipinski definition) is 7. The molecule has 0 unspecified atom stereocenters. The molecule has 32 heavy (non-hydrogen) atoms. The minimum absolute atomic E-state index is 0.361. The average molecular weight is 430 g/mol. The Morgan fingerprint density at radius 1 is 0.938 bits per heavy atom. The van der Waals surface area contributed by atoms with Gasteiger partial charge in [0.05, 0.1) is 24.9 Å². The second-order valence-corrected chi connectivity index (χ2v) is 7.57. The van der Waals surface area contributed by atoms with Gasteiger partial charge < -0.3 is 9.15 Å². The second kappa shape index (κ2) is 9.01. The molecule has 0 aliphatic rings. The first-order chi connectivity index (χ1) is 15.7. The highest BCUT2D eigenvalue weighted by atomic mass is 16.5. The number of fused-ring (bicyclic) bond motifs is 2. The Labute approximate surface area is 183 Å². The van der Waals surface area contributed by atoms with Crippen molar-refractivity contribution in [1.29, 1.82) is 0 Å². The minimum atomic E-state index is -0.361. The van der Waals surface area contributed by atoms with E-state index in [0.717, 1.165) is 47.9 Å². The summed E-state index contributed by atoms with van der Waals surface area (Å²) in [6.07, 6.45) is 4.86. The summed E-state index contributed by atoms with van der Waals surface area (Å²) in [5.41, 5.74) is 2.88. The summed E-state index contributed by atoms with van der Waals surface area (Å²) in [7, 11) is 0. The Morgan fingerprint density at radius 3 is 2.81 bits per heavy atom. The number of para-hydroxylation sites is 1. The van der Waals surface area contributed by atoms with E-state index >= 15 is 0 Å². The number of hydrogen-bond donors (Lipinski definition) is 0. The Bertz CT molecular complexity index is 1400. The Kier molecular flexibility index (Phi) is 5.61. The van der Waals surface area contributed by atoms with E-state index in [1.807, 2.05) is 52.0 Å². The normalized spacial score (nSPS) is 11.4. The van der Waals surface area contributed by atoms with Crippen LogP contribution in [0, 0.1) is 0 Å². The third kappa shape index (κ3) is 4.51. The lowest BCUT2D eigenvalue weighted by Crippen LogP contribution is -2.02. The molecule has 162 valence electrons. The SMILES string of the molecule is O=c1ccc2ccc(OCCCCCn3cc(Cn4nnc5ccccc54)nn3)cc2o1. The van der Waals surface area contributed by atoms with Crippen molar-refractivity contribution >= 4 is 22.0 Å². The molecule has 0 spiro atoms. The largest absolute Gasteiger partial charge is 0.493 e. The fourth-order valence-corrected chi connectivity index (χ4v) is 3.58. The predicted molar refractivity (Wildman–Crippen MR) is 118 cm³/mol. The molecule has 9 heteroatoms. The summed E-state index contributed by atoms with van der Waals surface area (Å²) in [6.45, 7) is 1.94.